The van der Waals surface area contributed by atoms with Crippen LogP contribution in [0.3, 0.4) is 0 Å². The first kappa shape index (κ1) is 38.1. The monoisotopic (exact) mass is 625 g/mol. The SMILES string of the molecule is CCCCNC(=O)C(C)C[C@H](O)[C@H](C[C@H](Cc1ccc(C(C)(C)C)c(Cc2cccc[n+]2[O-])c1)C(C)C)NC(=O)OC(C)(C)C. The lowest BCUT2D eigenvalue weighted by molar-refractivity contribution is -0.613. The van der Waals surface area contributed by atoms with Crippen molar-refractivity contribution in [3.05, 3.63) is 70.2 Å². The number of ether oxygens (including phenoxy) is 1. The van der Waals surface area contributed by atoms with Crippen LogP contribution in [0.1, 0.15) is 117 Å². The van der Waals surface area contributed by atoms with Crippen molar-refractivity contribution in [1.29, 1.82) is 0 Å². The van der Waals surface area contributed by atoms with Crippen LogP contribution in [-0.4, -0.2) is 41.4 Å². The molecule has 0 fully saturated rings. The van der Waals surface area contributed by atoms with Gasteiger partial charge in [-0.05, 0) is 80.4 Å². The number of nitrogens with zero attached hydrogens (tertiary/aromatic N) is 1. The number of nitrogens with one attached hydrogen (secondary N) is 2. The second-order valence-corrected chi connectivity index (χ2v) is 15.0. The van der Waals surface area contributed by atoms with Gasteiger partial charge in [0.2, 0.25) is 5.91 Å². The van der Waals surface area contributed by atoms with E-state index in [0.717, 1.165) is 35.1 Å². The Kier molecular flexibility index (Phi) is 14.4. The fourth-order valence-corrected chi connectivity index (χ4v) is 5.64. The first-order valence-electron chi connectivity index (χ1n) is 16.7. The molecule has 1 heterocycles. The van der Waals surface area contributed by atoms with Crippen molar-refractivity contribution in [2.75, 3.05) is 6.54 Å². The molecule has 0 aliphatic carbocycles. The van der Waals surface area contributed by atoms with Crippen LogP contribution in [0.25, 0.3) is 0 Å². The largest absolute Gasteiger partial charge is 0.618 e. The average Bonchev–Trinajstić information content (AvgIpc) is 2.91. The number of aromatic nitrogens is 1. The summed E-state index contributed by atoms with van der Waals surface area (Å²) in [6.07, 6.45) is 3.89. The number of hydrogen-bond donors (Lipinski definition) is 3. The summed E-state index contributed by atoms with van der Waals surface area (Å²) in [6.45, 7) is 20.8. The molecule has 2 aromatic rings. The second kappa shape index (κ2) is 17.0. The fraction of sp³-hybridized carbons (Fsp3) is 0.649. The molecule has 3 N–H and O–H groups in total. The molecule has 8 heteroatoms. The van der Waals surface area contributed by atoms with Crippen molar-refractivity contribution in [3.63, 3.8) is 0 Å². The lowest BCUT2D eigenvalue weighted by Gasteiger charge is -2.32. The van der Waals surface area contributed by atoms with Crippen molar-refractivity contribution in [1.82, 2.24) is 10.6 Å². The Morgan fingerprint density at radius 1 is 1.02 bits per heavy atom. The molecule has 252 valence electrons. The predicted octanol–water partition coefficient (Wildman–Crippen LogP) is 6.61. The number of unbranched alkanes of at least 4 members (excludes halogenated alkanes) is 1. The van der Waals surface area contributed by atoms with Gasteiger partial charge in [-0.25, -0.2) is 4.79 Å². The van der Waals surface area contributed by atoms with E-state index in [-0.39, 0.29) is 29.6 Å². The van der Waals surface area contributed by atoms with Gasteiger partial charge in [0, 0.05) is 24.6 Å². The van der Waals surface area contributed by atoms with Gasteiger partial charge in [-0.3, -0.25) is 4.79 Å². The number of hydrogen-bond acceptors (Lipinski definition) is 5. The summed E-state index contributed by atoms with van der Waals surface area (Å²) in [4.78, 5) is 25.6. The van der Waals surface area contributed by atoms with Crippen LogP contribution >= 0.6 is 0 Å². The van der Waals surface area contributed by atoms with E-state index in [1.807, 2.05) is 19.1 Å². The van der Waals surface area contributed by atoms with E-state index in [1.54, 1.807) is 26.8 Å². The number of carbonyl (C=O) groups is 2. The number of aliphatic hydroxyl groups excluding tert-OH is 1. The lowest BCUT2D eigenvalue weighted by atomic mass is 9.79. The van der Waals surface area contributed by atoms with E-state index >= 15 is 0 Å². The van der Waals surface area contributed by atoms with Gasteiger partial charge in [-0.2, -0.15) is 4.73 Å². The molecule has 1 aromatic carbocycles. The molecule has 0 aliphatic heterocycles. The molecule has 0 radical (unpaired) electrons. The molecule has 4 atom stereocenters. The van der Waals surface area contributed by atoms with E-state index in [9.17, 15) is 19.9 Å². The highest BCUT2D eigenvalue weighted by Crippen LogP contribution is 2.31. The Morgan fingerprint density at radius 3 is 2.29 bits per heavy atom. The van der Waals surface area contributed by atoms with Gasteiger partial charge in [0.25, 0.3) is 0 Å². The van der Waals surface area contributed by atoms with Crippen LogP contribution in [0.5, 0.6) is 0 Å². The zero-order valence-corrected chi connectivity index (χ0v) is 29.4. The van der Waals surface area contributed by atoms with Gasteiger partial charge in [0.15, 0.2) is 11.9 Å². The third-order valence-corrected chi connectivity index (χ3v) is 8.29. The average molecular weight is 626 g/mol. The Bertz CT molecular complexity index is 1230. The quantitative estimate of drug-likeness (QED) is 0.117. The molecule has 1 unspecified atom stereocenters. The number of alkyl carbamates (subject to hydrolysis) is 1. The normalized spacial score (nSPS) is 14.8. The molecule has 2 amide bonds. The van der Waals surface area contributed by atoms with Crippen LogP contribution in [0.2, 0.25) is 0 Å². The molecule has 0 saturated carbocycles. The molecule has 45 heavy (non-hydrogen) atoms. The zero-order valence-electron chi connectivity index (χ0n) is 29.4. The van der Waals surface area contributed by atoms with Gasteiger partial charge in [-0.1, -0.05) is 79.2 Å². The summed E-state index contributed by atoms with van der Waals surface area (Å²) >= 11 is 0. The van der Waals surface area contributed by atoms with Crippen LogP contribution in [0.4, 0.5) is 4.79 Å². The number of benzene rings is 1. The Balaban J connectivity index is 2.35. The molecule has 0 saturated heterocycles. The highest BCUT2D eigenvalue weighted by Gasteiger charge is 2.31. The molecule has 0 spiro atoms. The summed E-state index contributed by atoms with van der Waals surface area (Å²) in [6, 6.07) is 11.4. The number of amides is 2. The third kappa shape index (κ3) is 13.0. The standard InChI is InChI=1S/C37H59N3O5/c1-11-12-18-38-34(42)26(4)20-33(41)32(39-35(43)45-37(8,9)10)24-28(25(2)3)21-27-16-17-31(36(5,6)7)29(22-27)23-30-15-13-14-19-40(30)44/h13-17,19,22,25-26,28,32-33,41H,11-12,18,20-21,23-24H2,1-10H3,(H,38,42)(H,39,43)/t26?,28-,32-,33-/m0/s1. The minimum Gasteiger partial charge on any atom is -0.618 e. The van der Waals surface area contributed by atoms with Crippen molar-refractivity contribution >= 4 is 12.0 Å². The molecule has 0 aliphatic rings. The number of carbonyl (C=O) groups excluding carboxylic acids is 2. The molecule has 0 bridgehead atoms. The van der Waals surface area contributed by atoms with Gasteiger partial charge >= 0.3 is 6.09 Å². The molecule has 1 aromatic heterocycles. The van der Waals surface area contributed by atoms with Crippen molar-refractivity contribution in [2.45, 2.75) is 131 Å². The van der Waals surface area contributed by atoms with E-state index < -0.39 is 29.8 Å². The van der Waals surface area contributed by atoms with E-state index in [0.29, 0.717) is 25.1 Å². The van der Waals surface area contributed by atoms with Crippen LogP contribution in [0.15, 0.2) is 42.6 Å². The minimum atomic E-state index is -0.935. The number of rotatable bonds is 15. The summed E-state index contributed by atoms with van der Waals surface area (Å²) < 4.78 is 6.48. The number of pyridine rings is 1. The summed E-state index contributed by atoms with van der Waals surface area (Å²) in [5.41, 5.74) is 3.36. The van der Waals surface area contributed by atoms with E-state index in [4.69, 9.17) is 4.74 Å². The third-order valence-electron chi connectivity index (χ3n) is 8.29. The summed E-state index contributed by atoms with van der Waals surface area (Å²) in [5, 5.41) is 29.8. The lowest BCUT2D eigenvalue weighted by Crippen LogP contribution is -2.48. The zero-order chi connectivity index (χ0) is 33.9. The van der Waals surface area contributed by atoms with Gasteiger partial charge in [-0.15, -0.1) is 0 Å². The Morgan fingerprint density at radius 2 is 1.71 bits per heavy atom. The minimum absolute atomic E-state index is 0.0942. The maximum Gasteiger partial charge on any atom is 0.407 e. The van der Waals surface area contributed by atoms with Crippen LogP contribution in [0, 0.1) is 23.0 Å². The predicted molar refractivity (Wildman–Crippen MR) is 181 cm³/mol. The van der Waals surface area contributed by atoms with E-state index in [1.165, 1.54) is 11.8 Å². The first-order valence-corrected chi connectivity index (χ1v) is 16.7. The highest BCUT2D eigenvalue weighted by molar-refractivity contribution is 5.78. The molecular weight excluding hydrogens is 566 g/mol. The van der Waals surface area contributed by atoms with Crippen LogP contribution < -0.4 is 15.4 Å². The van der Waals surface area contributed by atoms with E-state index in [2.05, 4.69) is 70.4 Å². The molecular formula is C37H59N3O5. The topological polar surface area (TPSA) is 115 Å². The maximum absolute atomic E-state index is 12.9. The fourth-order valence-electron chi connectivity index (χ4n) is 5.64. The van der Waals surface area contributed by atoms with Gasteiger partial charge in [0.1, 0.15) is 5.60 Å². The summed E-state index contributed by atoms with van der Waals surface area (Å²) in [7, 11) is 0. The molecule has 8 nitrogen and oxygen atoms in total. The first-order chi connectivity index (χ1) is 20.9. The maximum atomic E-state index is 12.9. The van der Waals surface area contributed by atoms with Crippen molar-refractivity contribution < 1.29 is 24.2 Å². The van der Waals surface area contributed by atoms with Gasteiger partial charge in [0.05, 0.1) is 18.6 Å². The van der Waals surface area contributed by atoms with Crippen molar-refractivity contribution in [2.24, 2.45) is 17.8 Å². The van der Waals surface area contributed by atoms with Crippen molar-refractivity contribution in [3.8, 4) is 0 Å². The van der Waals surface area contributed by atoms with Gasteiger partial charge < -0.3 is 25.7 Å². The smallest absolute Gasteiger partial charge is 0.407 e. The second-order valence-electron chi connectivity index (χ2n) is 15.0. The highest BCUT2D eigenvalue weighted by atomic mass is 16.6. The van der Waals surface area contributed by atoms with Crippen LogP contribution in [-0.2, 0) is 27.8 Å². The number of aliphatic hydroxyl groups is 1. The molecule has 2 rings (SSSR count). The Hall–Kier alpha value is -3.13. The Labute approximate surface area is 271 Å². The summed E-state index contributed by atoms with van der Waals surface area (Å²) in [5.74, 6) is -0.142.